The van der Waals surface area contributed by atoms with Crippen molar-refractivity contribution in [2.24, 2.45) is 0 Å². The first-order valence-electron chi connectivity index (χ1n) is 8.28. The number of nitrogens with zero attached hydrogens (tertiary/aromatic N) is 5. The fourth-order valence-corrected chi connectivity index (χ4v) is 4.81. The van der Waals surface area contributed by atoms with E-state index in [4.69, 9.17) is 0 Å². The SMILES string of the molecule is O=C1CCC(=O)N1c1ccc(S(=O)(=O)N2CCC(n3nccn3)C2)cc1. The van der Waals surface area contributed by atoms with E-state index in [0.717, 1.165) is 4.90 Å². The molecule has 2 amide bonds. The second kappa shape index (κ2) is 6.29. The van der Waals surface area contributed by atoms with Gasteiger partial charge in [-0.2, -0.15) is 19.3 Å². The lowest BCUT2D eigenvalue weighted by molar-refractivity contribution is -0.121. The van der Waals surface area contributed by atoms with Crippen LogP contribution in [0.3, 0.4) is 0 Å². The smallest absolute Gasteiger partial charge is 0.243 e. The summed E-state index contributed by atoms with van der Waals surface area (Å²) in [4.78, 5) is 26.3. The molecule has 0 N–H and O–H groups in total. The molecule has 1 aromatic heterocycles. The maximum atomic E-state index is 12.8. The molecule has 0 spiro atoms. The van der Waals surface area contributed by atoms with Gasteiger partial charge in [0.1, 0.15) is 0 Å². The molecule has 26 heavy (non-hydrogen) atoms. The van der Waals surface area contributed by atoms with E-state index >= 15 is 0 Å². The lowest BCUT2D eigenvalue weighted by atomic mass is 10.3. The van der Waals surface area contributed by atoms with Crippen LogP contribution in [0, 0.1) is 0 Å². The number of imide groups is 1. The largest absolute Gasteiger partial charge is 0.274 e. The van der Waals surface area contributed by atoms with Crippen molar-refractivity contribution in [3.63, 3.8) is 0 Å². The summed E-state index contributed by atoms with van der Waals surface area (Å²) < 4.78 is 27.1. The van der Waals surface area contributed by atoms with E-state index in [1.54, 1.807) is 12.4 Å². The number of carbonyl (C=O) groups excluding carboxylic acids is 2. The Morgan fingerprint density at radius 2 is 1.58 bits per heavy atom. The molecule has 10 heteroatoms. The minimum absolute atomic E-state index is 0.0844. The first kappa shape index (κ1) is 16.9. The van der Waals surface area contributed by atoms with Gasteiger partial charge in [0, 0.05) is 25.9 Å². The van der Waals surface area contributed by atoms with Crippen LogP contribution in [-0.4, -0.2) is 52.6 Å². The number of anilines is 1. The van der Waals surface area contributed by atoms with Crippen LogP contribution in [-0.2, 0) is 19.6 Å². The number of carbonyl (C=O) groups is 2. The van der Waals surface area contributed by atoms with E-state index in [0.29, 0.717) is 25.2 Å². The number of rotatable bonds is 4. The molecule has 1 unspecified atom stereocenters. The average Bonchev–Trinajstić information content (AvgIpc) is 3.36. The van der Waals surface area contributed by atoms with Crippen LogP contribution in [0.5, 0.6) is 0 Å². The summed E-state index contributed by atoms with van der Waals surface area (Å²) in [6.07, 6.45) is 4.15. The molecule has 0 saturated carbocycles. The van der Waals surface area contributed by atoms with Gasteiger partial charge in [-0.3, -0.25) is 14.5 Å². The maximum absolute atomic E-state index is 12.8. The van der Waals surface area contributed by atoms with Gasteiger partial charge in [0.2, 0.25) is 21.8 Å². The molecule has 3 heterocycles. The first-order valence-corrected chi connectivity index (χ1v) is 9.72. The van der Waals surface area contributed by atoms with Crippen LogP contribution in [0.2, 0.25) is 0 Å². The second-order valence-corrected chi connectivity index (χ2v) is 8.21. The molecule has 0 radical (unpaired) electrons. The van der Waals surface area contributed by atoms with Gasteiger partial charge in [0.05, 0.1) is 29.0 Å². The molecule has 2 saturated heterocycles. The Morgan fingerprint density at radius 3 is 2.19 bits per heavy atom. The Balaban J connectivity index is 1.53. The maximum Gasteiger partial charge on any atom is 0.243 e. The van der Waals surface area contributed by atoms with Crippen molar-refractivity contribution in [1.29, 1.82) is 0 Å². The van der Waals surface area contributed by atoms with Crippen LogP contribution >= 0.6 is 0 Å². The average molecular weight is 375 g/mol. The van der Waals surface area contributed by atoms with Crippen molar-refractivity contribution in [3.05, 3.63) is 36.7 Å². The summed E-state index contributed by atoms with van der Waals surface area (Å²) in [5.74, 6) is -0.528. The molecule has 136 valence electrons. The molecule has 9 nitrogen and oxygen atoms in total. The zero-order chi connectivity index (χ0) is 18.3. The number of hydrogen-bond donors (Lipinski definition) is 0. The van der Waals surface area contributed by atoms with E-state index < -0.39 is 10.0 Å². The quantitative estimate of drug-likeness (QED) is 0.723. The zero-order valence-electron chi connectivity index (χ0n) is 13.9. The highest BCUT2D eigenvalue weighted by Gasteiger charge is 2.35. The van der Waals surface area contributed by atoms with Gasteiger partial charge in [-0.1, -0.05) is 0 Å². The van der Waals surface area contributed by atoms with Crippen LogP contribution in [0.1, 0.15) is 25.3 Å². The van der Waals surface area contributed by atoms with Crippen molar-refractivity contribution >= 4 is 27.5 Å². The molecule has 4 rings (SSSR count). The van der Waals surface area contributed by atoms with Gasteiger partial charge >= 0.3 is 0 Å². The van der Waals surface area contributed by atoms with Gasteiger partial charge in [0.25, 0.3) is 0 Å². The molecule has 2 aliphatic heterocycles. The van der Waals surface area contributed by atoms with Crippen molar-refractivity contribution in [3.8, 4) is 0 Å². The van der Waals surface area contributed by atoms with Crippen molar-refractivity contribution < 1.29 is 18.0 Å². The van der Waals surface area contributed by atoms with Crippen molar-refractivity contribution in [2.75, 3.05) is 18.0 Å². The predicted molar refractivity (Wildman–Crippen MR) is 90.6 cm³/mol. The fourth-order valence-electron chi connectivity index (χ4n) is 3.31. The highest BCUT2D eigenvalue weighted by atomic mass is 32.2. The normalized spacial score (nSPS) is 21.7. The minimum Gasteiger partial charge on any atom is -0.274 e. The highest BCUT2D eigenvalue weighted by Crippen LogP contribution is 2.28. The van der Waals surface area contributed by atoms with Gasteiger partial charge in [-0.25, -0.2) is 8.42 Å². The Bertz CT molecular complexity index is 924. The third-order valence-corrected chi connectivity index (χ3v) is 6.55. The highest BCUT2D eigenvalue weighted by molar-refractivity contribution is 7.89. The fraction of sp³-hybridized carbons (Fsp3) is 0.375. The first-order chi connectivity index (χ1) is 12.5. The predicted octanol–water partition coefficient (Wildman–Crippen LogP) is 0.567. The lowest BCUT2D eigenvalue weighted by Crippen LogP contribution is -2.30. The van der Waals surface area contributed by atoms with E-state index in [9.17, 15) is 18.0 Å². The third-order valence-electron chi connectivity index (χ3n) is 4.67. The molecule has 1 aromatic carbocycles. The van der Waals surface area contributed by atoms with Gasteiger partial charge in [-0.15, -0.1) is 0 Å². The Labute approximate surface area is 150 Å². The molecule has 0 bridgehead atoms. The number of sulfonamides is 1. The van der Waals surface area contributed by atoms with E-state index in [1.807, 2.05) is 0 Å². The third kappa shape index (κ3) is 2.80. The number of hydrogen-bond acceptors (Lipinski definition) is 6. The topological polar surface area (TPSA) is 105 Å². The number of benzene rings is 1. The Hall–Kier alpha value is -2.59. The van der Waals surface area contributed by atoms with Crippen LogP contribution in [0.15, 0.2) is 41.6 Å². The Kier molecular flexibility index (Phi) is 4.08. The van der Waals surface area contributed by atoms with Gasteiger partial charge < -0.3 is 0 Å². The van der Waals surface area contributed by atoms with E-state index in [-0.39, 0.29) is 35.6 Å². The number of amides is 2. The zero-order valence-corrected chi connectivity index (χ0v) is 14.7. The molecule has 0 aliphatic carbocycles. The summed E-state index contributed by atoms with van der Waals surface area (Å²) in [7, 11) is -3.65. The molecule has 2 fully saturated rings. The Morgan fingerprint density at radius 1 is 0.962 bits per heavy atom. The molecular formula is C16H17N5O4S. The molecule has 2 aliphatic rings. The number of aromatic nitrogens is 3. The van der Waals surface area contributed by atoms with Crippen LogP contribution < -0.4 is 4.90 Å². The van der Waals surface area contributed by atoms with Gasteiger partial charge in [0.15, 0.2) is 0 Å². The standard InChI is InChI=1S/C16H17N5O4S/c22-15-5-6-16(23)20(15)12-1-3-14(4-2-12)26(24,25)19-10-7-13(11-19)21-17-8-9-18-21/h1-4,8-9,13H,5-7,10-11H2. The van der Waals surface area contributed by atoms with E-state index in [1.165, 1.54) is 33.4 Å². The summed E-state index contributed by atoms with van der Waals surface area (Å²) >= 11 is 0. The van der Waals surface area contributed by atoms with Crippen molar-refractivity contribution in [2.45, 2.75) is 30.2 Å². The van der Waals surface area contributed by atoms with Crippen LogP contribution in [0.4, 0.5) is 5.69 Å². The summed E-state index contributed by atoms with van der Waals surface area (Å²) in [6.45, 7) is 0.696. The second-order valence-electron chi connectivity index (χ2n) is 6.27. The minimum atomic E-state index is -3.65. The summed E-state index contributed by atoms with van der Waals surface area (Å²) in [6, 6.07) is 5.78. The summed E-state index contributed by atoms with van der Waals surface area (Å²) in [5.41, 5.74) is 0.400. The van der Waals surface area contributed by atoms with Gasteiger partial charge in [-0.05, 0) is 30.7 Å². The molecular weight excluding hydrogens is 358 g/mol. The molecule has 1 atom stereocenters. The van der Waals surface area contributed by atoms with E-state index in [2.05, 4.69) is 10.2 Å². The van der Waals surface area contributed by atoms with Crippen molar-refractivity contribution in [1.82, 2.24) is 19.3 Å². The lowest BCUT2D eigenvalue weighted by Gasteiger charge is -2.18. The summed E-state index contributed by atoms with van der Waals surface area (Å²) in [5, 5.41) is 8.14. The molecule has 2 aromatic rings. The van der Waals surface area contributed by atoms with Crippen LogP contribution in [0.25, 0.3) is 0 Å². The monoisotopic (exact) mass is 375 g/mol.